The van der Waals surface area contributed by atoms with Gasteiger partial charge < -0.3 is 10.1 Å². The van der Waals surface area contributed by atoms with Crippen molar-refractivity contribution >= 4 is 10.0 Å². The number of benzene rings is 2. The molecule has 0 spiro atoms. The second-order valence-corrected chi connectivity index (χ2v) is 8.75. The molecule has 1 N–H and O–H groups in total. The summed E-state index contributed by atoms with van der Waals surface area (Å²) in [5.74, 6) is 3.25. The van der Waals surface area contributed by atoms with E-state index in [1.807, 2.05) is 36.4 Å². The molecule has 0 aromatic heterocycles. The molecular weight excluding hydrogens is 372 g/mol. The summed E-state index contributed by atoms with van der Waals surface area (Å²) in [7, 11) is -3.38. The minimum absolute atomic E-state index is 0.240. The first-order valence-electron chi connectivity index (χ1n) is 9.55. The minimum Gasteiger partial charge on any atom is -0.481 e. The van der Waals surface area contributed by atoms with Gasteiger partial charge in [-0.05, 0) is 36.6 Å². The molecule has 1 heterocycles. The highest BCUT2D eigenvalue weighted by molar-refractivity contribution is 7.89. The summed E-state index contributed by atoms with van der Waals surface area (Å²) in [5, 5.41) is 3.36. The zero-order valence-electron chi connectivity index (χ0n) is 15.9. The number of nitrogens with zero attached hydrogens (tertiary/aromatic N) is 1. The normalized spacial score (nSPS) is 15.1. The molecule has 0 aliphatic carbocycles. The maximum atomic E-state index is 12.7. The van der Waals surface area contributed by atoms with Crippen molar-refractivity contribution < 1.29 is 13.2 Å². The van der Waals surface area contributed by atoms with Gasteiger partial charge in [-0.2, -0.15) is 4.31 Å². The molecule has 1 aliphatic heterocycles. The van der Waals surface area contributed by atoms with Crippen LogP contribution in [-0.2, 0) is 23.1 Å². The summed E-state index contributed by atoms with van der Waals surface area (Å²) < 4.78 is 32.6. The molecule has 0 bridgehead atoms. The van der Waals surface area contributed by atoms with Crippen molar-refractivity contribution in [3.05, 3.63) is 59.7 Å². The Bertz CT molecular complexity index is 912. The summed E-state index contributed by atoms with van der Waals surface area (Å²) in [6.45, 7) is 2.74. The van der Waals surface area contributed by atoms with E-state index in [2.05, 4.69) is 11.2 Å². The van der Waals surface area contributed by atoms with Gasteiger partial charge in [-0.3, -0.25) is 0 Å². The molecule has 2 aromatic carbocycles. The van der Waals surface area contributed by atoms with Gasteiger partial charge in [0.05, 0.1) is 4.90 Å². The van der Waals surface area contributed by atoms with Gasteiger partial charge in [-0.25, -0.2) is 8.42 Å². The van der Waals surface area contributed by atoms with Crippen LogP contribution in [-0.4, -0.2) is 32.4 Å². The third-order valence-corrected chi connectivity index (χ3v) is 6.72. The molecule has 0 amide bonds. The monoisotopic (exact) mass is 398 g/mol. The summed E-state index contributed by atoms with van der Waals surface area (Å²) in [5.41, 5.74) is 2.06. The Morgan fingerprint density at radius 2 is 1.71 bits per heavy atom. The van der Waals surface area contributed by atoms with E-state index in [1.165, 1.54) is 0 Å². The topological polar surface area (TPSA) is 58.6 Å². The molecular formula is C22H26N2O3S. The van der Waals surface area contributed by atoms with Crippen LogP contribution in [0.3, 0.4) is 0 Å². The number of hydrogen-bond donors (Lipinski definition) is 1. The van der Waals surface area contributed by atoms with Gasteiger partial charge in [0.2, 0.25) is 10.0 Å². The number of piperidine rings is 1. The Balaban J connectivity index is 1.57. The van der Waals surface area contributed by atoms with Gasteiger partial charge >= 0.3 is 0 Å². The first-order valence-corrected chi connectivity index (χ1v) is 11.0. The fourth-order valence-corrected chi connectivity index (χ4v) is 4.80. The first-order chi connectivity index (χ1) is 13.6. The maximum Gasteiger partial charge on any atom is 0.243 e. The van der Waals surface area contributed by atoms with Crippen molar-refractivity contribution in [1.29, 1.82) is 0 Å². The van der Waals surface area contributed by atoms with E-state index in [9.17, 15) is 8.42 Å². The van der Waals surface area contributed by atoms with E-state index in [4.69, 9.17) is 11.2 Å². The second kappa shape index (κ2) is 9.74. The van der Waals surface area contributed by atoms with E-state index < -0.39 is 10.0 Å². The van der Waals surface area contributed by atoms with Crippen molar-refractivity contribution in [2.24, 2.45) is 0 Å². The smallest absolute Gasteiger partial charge is 0.243 e. The fourth-order valence-electron chi connectivity index (χ4n) is 3.29. The quantitative estimate of drug-likeness (QED) is 0.694. The second-order valence-electron chi connectivity index (χ2n) is 6.81. The molecule has 1 fully saturated rings. The van der Waals surface area contributed by atoms with Crippen LogP contribution in [0, 0.1) is 12.3 Å². The van der Waals surface area contributed by atoms with Crippen molar-refractivity contribution in [2.45, 2.75) is 37.2 Å². The van der Waals surface area contributed by atoms with Gasteiger partial charge in [0.25, 0.3) is 0 Å². The van der Waals surface area contributed by atoms with Crippen LogP contribution in [0.25, 0.3) is 0 Å². The number of terminal acetylenes is 1. The van der Waals surface area contributed by atoms with Gasteiger partial charge in [0, 0.05) is 31.7 Å². The summed E-state index contributed by atoms with van der Waals surface area (Å²) in [4.78, 5) is 0.367. The third-order valence-electron chi connectivity index (χ3n) is 4.80. The van der Waals surface area contributed by atoms with Crippen LogP contribution >= 0.6 is 0 Å². The molecule has 0 atom stereocenters. The highest BCUT2D eigenvalue weighted by Crippen LogP contribution is 2.21. The highest BCUT2D eigenvalue weighted by atomic mass is 32.2. The number of ether oxygens (including phenoxy) is 1. The Morgan fingerprint density at radius 1 is 1.00 bits per heavy atom. The molecule has 0 saturated carbocycles. The standard InChI is InChI=1S/C22H26N2O3S/c1-2-16-27-22-9-5-4-8-20(22)18-23-17-19-10-12-21(13-11-19)28(25,26)24-14-6-3-7-15-24/h1,4-5,8-13,23H,3,6-7,14-18H2. The Labute approximate surface area is 167 Å². The Kier molecular flexibility index (Phi) is 7.10. The number of hydrogen-bond acceptors (Lipinski definition) is 4. The van der Waals surface area contributed by atoms with Crippen LogP contribution < -0.4 is 10.1 Å². The van der Waals surface area contributed by atoms with Crippen molar-refractivity contribution in [2.75, 3.05) is 19.7 Å². The average molecular weight is 399 g/mol. The van der Waals surface area contributed by atoms with Gasteiger partial charge in [-0.15, -0.1) is 6.42 Å². The highest BCUT2D eigenvalue weighted by Gasteiger charge is 2.25. The SMILES string of the molecule is C#CCOc1ccccc1CNCc1ccc(S(=O)(=O)N2CCCCC2)cc1. The average Bonchev–Trinajstić information content (AvgIpc) is 2.74. The molecule has 1 saturated heterocycles. The lowest BCUT2D eigenvalue weighted by Crippen LogP contribution is -2.35. The molecule has 6 heteroatoms. The molecule has 0 unspecified atom stereocenters. The van der Waals surface area contributed by atoms with Gasteiger partial charge in [0.15, 0.2) is 0 Å². The number of para-hydroxylation sites is 1. The predicted molar refractivity (Wildman–Crippen MR) is 110 cm³/mol. The molecule has 3 rings (SSSR count). The Hall–Kier alpha value is -2.33. The van der Waals surface area contributed by atoms with E-state index in [-0.39, 0.29) is 6.61 Å². The molecule has 0 radical (unpaired) electrons. The van der Waals surface area contributed by atoms with Crippen LogP contribution in [0.15, 0.2) is 53.4 Å². The number of sulfonamides is 1. The summed E-state index contributed by atoms with van der Waals surface area (Å²) in [6, 6.07) is 14.9. The zero-order chi connectivity index (χ0) is 19.8. The molecule has 148 valence electrons. The predicted octanol–water partition coefficient (Wildman–Crippen LogP) is 3.16. The van der Waals surface area contributed by atoms with Gasteiger partial charge in [0.1, 0.15) is 12.4 Å². The van der Waals surface area contributed by atoms with Crippen LogP contribution in [0.4, 0.5) is 0 Å². The fraction of sp³-hybridized carbons (Fsp3) is 0.364. The van der Waals surface area contributed by atoms with Crippen LogP contribution in [0.1, 0.15) is 30.4 Å². The lowest BCUT2D eigenvalue weighted by atomic mass is 10.2. The van der Waals surface area contributed by atoms with Crippen LogP contribution in [0.5, 0.6) is 5.75 Å². The zero-order valence-corrected chi connectivity index (χ0v) is 16.7. The minimum atomic E-state index is -3.38. The number of rotatable bonds is 8. The Morgan fingerprint density at radius 3 is 2.43 bits per heavy atom. The van der Waals surface area contributed by atoms with E-state index in [1.54, 1.807) is 16.4 Å². The van der Waals surface area contributed by atoms with Crippen molar-refractivity contribution in [3.8, 4) is 18.1 Å². The lowest BCUT2D eigenvalue weighted by Gasteiger charge is -2.25. The lowest BCUT2D eigenvalue weighted by molar-refractivity contribution is 0.346. The summed E-state index contributed by atoms with van der Waals surface area (Å²) in [6.07, 6.45) is 8.24. The molecule has 5 nitrogen and oxygen atoms in total. The third kappa shape index (κ3) is 5.14. The van der Waals surface area contributed by atoms with Gasteiger partial charge in [-0.1, -0.05) is 42.7 Å². The van der Waals surface area contributed by atoms with Crippen molar-refractivity contribution in [1.82, 2.24) is 9.62 Å². The summed E-state index contributed by atoms with van der Waals surface area (Å²) >= 11 is 0. The molecule has 1 aliphatic rings. The van der Waals surface area contributed by atoms with E-state index >= 15 is 0 Å². The number of nitrogens with one attached hydrogen (secondary N) is 1. The van der Waals surface area contributed by atoms with E-state index in [0.717, 1.165) is 36.1 Å². The van der Waals surface area contributed by atoms with Crippen molar-refractivity contribution in [3.63, 3.8) is 0 Å². The maximum absolute atomic E-state index is 12.7. The largest absolute Gasteiger partial charge is 0.481 e. The molecule has 2 aromatic rings. The first kappa shape index (κ1) is 20.4. The molecule has 28 heavy (non-hydrogen) atoms. The van der Waals surface area contributed by atoms with Crippen LogP contribution in [0.2, 0.25) is 0 Å². The van der Waals surface area contributed by atoms with E-state index in [0.29, 0.717) is 31.1 Å².